The molecule has 4 aromatic carbocycles. The maximum Gasteiger partial charge on any atom is 0.326 e. The van der Waals surface area contributed by atoms with Gasteiger partial charge in [0.05, 0.1) is 18.3 Å². The summed E-state index contributed by atoms with van der Waals surface area (Å²) in [6, 6.07) is 29.8. The summed E-state index contributed by atoms with van der Waals surface area (Å²) < 4.78 is 2.19. The summed E-state index contributed by atoms with van der Waals surface area (Å²) in [5.74, 6) is -6.54. The lowest BCUT2D eigenvalue weighted by atomic mass is 9.81. The van der Waals surface area contributed by atoms with Crippen molar-refractivity contribution in [3.63, 3.8) is 0 Å². The van der Waals surface area contributed by atoms with E-state index in [-0.39, 0.29) is 12.8 Å². The topological polar surface area (TPSA) is 214 Å². The number of carboxylic acid groups (broad SMARTS) is 4. The first-order chi connectivity index (χ1) is 32.9. The molecule has 2 atom stereocenters. The molecule has 4 aromatic rings. The van der Waals surface area contributed by atoms with E-state index in [0.717, 1.165) is 56.2 Å². The molecule has 0 fully saturated rings. The second kappa shape index (κ2) is 22.3. The Balaban J connectivity index is 1.23. The molecule has 2 aliphatic heterocycles. The Hall–Kier alpha value is -7.87. The standard InChI is InChI=1S/C55H58N4O10/c1-54(2)40-28-26-38(36-18-10-8-11-19-36)32-44(40)58(30-16-24-48(60)56-42(52(66)67)34-50(62)63)46(54)22-14-6-5-7-15-23-47-55(3,4)41-29-27-39(37-20-12-9-13-21-37)33-45(41)59(47)31-17-25-49(61)57-43(53(68)69)35-51(64)65/h5-15,18-23,26-29,32-33,42-43H,16-17,24-25,30-31,34-35H2,1-4H3,(H5-,56,57,60,61,62,63,64,65,66,67,68,69)/p+1. The fraction of sp³-hybridized carbons (Fsp3) is 0.291. The van der Waals surface area contributed by atoms with Gasteiger partial charge < -0.3 is 36.0 Å². The molecule has 2 amide bonds. The molecule has 358 valence electrons. The fourth-order valence-electron chi connectivity index (χ4n) is 9.04. The number of nitrogens with zero attached hydrogens (tertiary/aromatic N) is 2. The van der Waals surface area contributed by atoms with E-state index in [0.29, 0.717) is 25.9 Å². The monoisotopic (exact) mass is 935 g/mol. The van der Waals surface area contributed by atoms with Crippen molar-refractivity contribution in [2.24, 2.45) is 0 Å². The third-order valence-electron chi connectivity index (χ3n) is 12.5. The molecule has 14 heteroatoms. The van der Waals surface area contributed by atoms with Crippen LogP contribution in [0.5, 0.6) is 0 Å². The van der Waals surface area contributed by atoms with Crippen LogP contribution >= 0.6 is 0 Å². The van der Waals surface area contributed by atoms with Gasteiger partial charge in [-0.25, -0.2) is 9.59 Å². The summed E-state index contributed by atoms with van der Waals surface area (Å²) in [6.07, 6.45) is 13.1. The normalized spacial score (nSPS) is 16.2. The van der Waals surface area contributed by atoms with Crippen molar-refractivity contribution in [1.82, 2.24) is 10.6 Å². The van der Waals surface area contributed by atoms with Crippen LogP contribution in [-0.4, -0.2) is 91.6 Å². The predicted octanol–water partition coefficient (Wildman–Crippen LogP) is 8.40. The van der Waals surface area contributed by atoms with Crippen LogP contribution in [0.2, 0.25) is 0 Å². The number of anilines is 1. The van der Waals surface area contributed by atoms with Crippen molar-refractivity contribution in [2.75, 3.05) is 18.0 Å². The number of nitrogens with one attached hydrogen (secondary N) is 2. The number of carbonyl (C=O) groups excluding carboxylic acids is 2. The van der Waals surface area contributed by atoms with E-state index < -0.39 is 71.4 Å². The minimum Gasteiger partial charge on any atom is -0.481 e. The molecule has 0 radical (unpaired) electrons. The summed E-state index contributed by atoms with van der Waals surface area (Å²) >= 11 is 0. The Morgan fingerprint density at radius 1 is 0.594 bits per heavy atom. The van der Waals surface area contributed by atoms with Crippen LogP contribution in [0.25, 0.3) is 22.3 Å². The summed E-state index contributed by atoms with van der Waals surface area (Å²) in [5.41, 5.74) is 9.55. The first-order valence-corrected chi connectivity index (χ1v) is 22.9. The van der Waals surface area contributed by atoms with Gasteiger partial charge in [-0.3, -0.25) is 19.2 Å². The van der Waals surface area contributed by atoms with E-state index in [4.69, 9.17) is 10.2 Å². The van der Waals surface area contributed by atoms with Gasteiger partial charge in [-0.05, 0) is 60.2 Å². The highest BCUT2D eigenvalue weighted by atomic mass is 16.4. The SMILES string of the molecule is CC1(C)C(/C=C/C=C/C=C/C=C2/N(CCCC(=O)NC(CC(=O)O)C(=O)O)c3cc(-c4ccccc4)ccc3C2(C)C)=[N+](CCCC(=O)NC(CC(=O)O)C(=O)O)c2cc(-c3ccccc3)ccc21. The van der Waals surface area contributed by atoms with Crippen LogP contribution in [0.3, 0.4) is 0 Å². The van der Waals surface area contributed by atoms with Crippen LogP contribution in [0.1, 0.15) is 77.3 Å². The van der Waals surface area contributed by atoms with Crippen molar-refractivity contribution >= 4 is 52.8 Å². The average molecular weight is 936 g/mol. The summed E-state index contributed by atoms with van der Waals surface area (Å²) in [7, 11) is 0. The molecule has 0 saturated heterocycles. The van der Waals surface area contributed by atoms with Gasteiger partial charge in [-0.1, -0.05) is 129 Å². The van der Waals surface area contributed by atoms with Gasteiger partial charge in [0.15, 0.2) is 5.71 Å². The molecule has 2 heterocycles. The van der Waals surface area contributed by atoms with E-state index in [2.05, 4.69) is 96.4 Å². The van der Waals surface area contributed by atoms with Crippen LogP contribution in [0.15, 0.2) is 145 Å². The number of benzene rings is 4. The highest BCUT2D eigenvalue weighted by molar-refractivity contribution is 6.03. The van der Waals surface area contributed by atoms with Gasteiger partial charge in [0.1, 0.15) is 18.6 Å². The average Bonchev–Trinajstić information content (AvgIpc) is 3.65. The summed E-state index contributed by atoms with van der Waals surface area (Å²) in [4.78, 5) is 73.4. The number of rotatable bonds is 22. The molecule has 69 heavy (non-hydrogen) atoms. The Kier molecular flexibility index (Phi) is 16.3. The second-order valence-corrected chi connectivity index (χ2v) is 18.1. The minimum absolute atomic E-state index is 0.00409. The number of carbonyl (C=O) groups is 6. The Bertz CT molecular complexity index is 2750. The third kappa shape index (κ3) is 12.4. The van der Waals surface area contributed by atoms with E-state index in [9.17, 15) is 39.0 Å². The van der Waals surface area contributed by atoms with Gasteiger partial charge in [0.2, 0.25) is 17.5 Å². The van der Waals surface area contributed by atoms with Crippen LogP contribution in [0, 0.1) is 0 Å². The Morgan fingerprint density at radius 3 is 1.65 bits per heavy atom. The molecule has 6 N–H and O–H groups in total. The van der Waals surface area contributed by atoms with Crippen LogP contribution in [0.4, 0.5) is 11.4 Å². The van der Waals surface area contributed by atoms with E-state index >= 15 is 0 Å². The maximum absolute atomic E-state index is 12.8. The lowest BCUT2D eigenvalue weighted by Crippen LogP contribution is -2.42. The number of amides is 2. The minimum atomic E-state index is -1.52. The maximum atomic E-state index is 12.8. The van der Waals surface area contributed by atoms with Gasteiger partial charge in [-0.15, -0.1) is 0 Å². The number of allylic oxidation sites excluding steroid dienone is 8. The molecule has 0 aromatic heterocycles. The highest BCUT2D eigenvalue weighted by Crippen LogP contribution is 2.49. The van der Waals surface area contributed by atoms with E-state index in [1.54, 1.807) is 0 Å². The molecule has 2 aliphatic rings. The van der Waals surface area contributed by atoms with E-state index in [1.165, 1.54) is 0 Å². The van der Waals surface area contributed by atoms with E-state index in [1.807, 2.05) is 91.0 Å². The largest absolute Gasteiger partial charge is 0.481 e. The quantitative estimate of drug-likeness (QED) is 0.0325. The van der Waals surface area contributed by atoms with Gasteiger partial charge in [0.25, 0.3) is 0 Å². The molecule has 0 saturated carbocycles. The lowest BCUT2D eigenvalue weighted by Gasteiger charge is -2.27. The second-order valence-electron chi connectivity index (χ2n) is 18.1. The zero-order valence-electron chi connectivity index (χ0n) is 39.2. The molecular weight excluding hydrogens is 877 g/mol. The number of carboxylic acids is 4. The molecule has 0 spiro atoms. The highest BCUT2D eigenvalue weighted by Gasteiger charge is 2.44. The van der Waals surface area contributed by atoms with Crippen molar-refractivity contribution < 1.29 is 53.8 Å². The molecular formula is C55H59N4O10+. The molecule has 2 unspecified atom stereocenters. The smallest absolute Gasteiger partial charge is 0.326 e. The predicted molar refractivity (Wildman–Crippen MR) is 265 cm³/mol. The van der Waals surface area contributed by atoms with Gasteiger partial charge in [-0.2, -0.15) is 4.58 Å². The zero-order chi connectivity index (χ0) is 49.9. The molecule has 14 nitrogen and oxygen atoms in total. The number of hydrogen-bond acceptors (Lipinski definition) is 7. The van der Waals surface area contributed by atoms with Crippen molar-refractivity contribution in [3.8, 4) is 22.3 Å². The first kappa shape index (κ1) is 50.5. The van der Waals surface area contributed by atoms with Gasteiger partial charge >= 0.3 is 23.9 Å². The zero-order valence-corrected chi connectivity index (χ0v) is 39.2. The Labute approximate surface area is 401 Å². The Morgan fingerprint density at radius 2 is 1.10 bits per heavy atom. The number of aliphatic carboxylic acids is 4. The number of fused-ring (bicyclic) bond motifs is 2. The summed E-state index contributed by atoms with van der Waals surface area (Å²) in [5, 5.41) is 41.8. The first-order valence-electron chi connectivity index (χ1n) is 22.9. The third-order valence-corrected chi connectivity index (χ3v) is 12.5. The molecule has 0 bridgehead atoms. The van der Waals surface area contributed by atoms with Gasteiger partial charge in [0, 0.05) is 60.3 Å². The van der Waals surface area contributed by atoms with Crippen molar-refractivity contribution in [1.29, 1.82) is 0 Å². The molecule has 0 aliphatic carbocycles. The number of hydrogen-bond donors (Lipinski definition) is 6. The fourth-order valence-corrected chi connectivity index (χ4v) is 9.04. The summed E-state index contributed by atoms with van der Waals surface area (Å²) in [6.45, 7) is 9.47. The van der Waals surface area contributed by atoms with Crippen molar-refractivity contribution in [2.45, 2.75) is 89.1 Å². The van der Waals surface area contributed by atoms with Crippen LogP contribution in [-0.2, 0) is 39.6 Å². The lowest BCUT2D eigenvalue weighted by molar-refractivity contribution is -0.438. The molecule has 6 rings (SSSR count). The van der Waals surface area contributed by atoms with Crippen molar-refractivity contribution in [3.05, 3.63) is 156 Å². The van der Waals surface area contributed by atoms with Crippen LogP contribution < -0.4 is 15.5 Å².